The third kappa shape index (κ3) is 1.71. The fourth-order valence-electron chi connectivity index (χ4n) is 11.3. The Balaban J connectivity index is 1.44. The summed E-state index contributed by atoms with van der Waals surface area (Å²) in [5.41, 5.74) is -1.20. The predicted octanol–water partition coefficient (Wildman–Crippen LogP) is 1.41. The maximum absolute atomic E-state index is 12.7. The summed E-state index contributed by atoms with van der Waals surface area (Å²) in [6.07, 6.45) is 1.66. The lowest BCUT2D eigenvalue weighted by molar-refractivity contribution is -0.284. The van der Waals surface area contributed by atoms with Gasteiger partial charge in [0.15, 0.2) is 0 Å². The van der Waals surface area contributed by atoms with Crippen molar-refractivity contribution >= 4 is 11.9 Å². The van der Waals surface area contributed by atoms with Crippen molar-refractivity contribution in [3.05, 3.63) is 12.2 Å². The van der Waals surface area contributed by atoms with Crippen LogP contribution in [-0.4, -0.2) is 69.6 Å². The first-order valence-corrected chi connectivity index (χ1v) is 12.3. The molecule has 9 aliphatic rings. The van der Waals surface area contributed by atoms with Crippen LogP contribution in [0.2, 0.25) is 0 Å². The normalized spacial score (nSPS) is 61.9. The van der Waals surface area contributed by atoms with E-state index in [-0.39, 0.29) is 34.9 Å². The third-order valence-electron chi connectivity index (χ3n) is 11.1. The molecule has 2 N–H and O–H groups in total. The second-order valence-corrected chi connectivity index (χ2v) is 12.3. The molecule has 0 aromatic rings. The smallest absolute Gasteiger partial charge is 0.305 e. The first kappa shape index (κ1) is 20.0. The van der Waals surface area contributed by atoms with Gasteiger partial charge < -0.3 is 19.7 Å². The van der Waals surface area contributed by atoms with Crippen LogP contribution in [0.3, 0.4) is 0 Å². The van der Waals surface area contributed by atoms with E-state index in [1.807, 2.05) is 6.92 Å². The maximum Gasteiger partial charge on any atom is 0.305 e. The van der Waals surface area contributed by atoms with E-state index in [1.165, 1.54) is 6.92 Å². The molecule has 3 heterocycles. The van der Waals surface area contributed by atoms with E-state index in [0.717, 1.165) is 25.0 Å². The van der Waals surface area contributed by atoms with Gasteiger partial charge in [-0.1, -0.05) is 26.0 Å². The Labute approximate surface area is 188 Å². The van der Waals surface area contributed by atoms with E-state index in [1.54, 1.807) is 0 Å². The topological polar surface area (TPSA) is 96.3 Å². The Morgan fingerprint density at radius 3 is 2.66 bits per heavy atom. The minimum atomic E-state index is -1.21. The Bertz CT molecular complexity index is 981. The molecular formula is C25H33NO6. The van der Waals surface area contributed by atoms with Gasteiger partial charge in [0.05, 0.1) is 6.10 Å². The van der Waals surface area contributed by atoms with Crippen molar-refractivity contribution in [1.82, 2.24) is 4.90 Å². The van der Waals surface area contributed by atoms with Crippen LogP contribution in [0.4, 0.5) is 0 Å². The van der Waals surface area contributed by atoms with E-state index >= 15 is 0 Å². The average Bonchev–Trinajstić information content (AvgIpc) is 3.10. The minimum absolute atomic E-state index is 0.0134. The number of nitrogens with zero attached hydrogens (tertiary/aromatic N) is 1. The van der Waals surface area contributed by atoms with Gasteiger partial charge in [0.2, 0.25) is 0 Å². The molecule has 6 saturated carbocycles. The molecule has 9 fully saturated rings. The van der Waals surface area contributed by atoms with Gasteiger partial charge in [0.25, 0.3) is 0 Å². The largest absolute Gasteiger partial charge is 0.462 e. The molecule has 0 aromatic carbocycles. The fraction of sp³-hybridized carbons (Fsp3) is 0.840. The Hall–Kier alpha value is -1.44. The molecule has 3 aliphatic heterocycles. The number of carbonyl (C=O) groups excluding carboxylic acids is 2. The molecule has 1 unspecified atom stereocenters. The lowest BCUT2D eigenvalue weighted by Crippen LogP contribution is -2.77. The van der Waals surface area contributed by atoms with Crippen LogP contribution in [0, 0.1) is 34.0 Å². The number of hydrogen-bond acceptors (Lipinski definition) is 7. The molecule has 7 nitrogen and oxygen atoms in total. The van der Waals surface area contributed by atoms with Crippen LogP contribution in [0.25, 0.3) is 0 Å². The number of aliphatic hydroxyl groups excluding tert-OH is 1. The van der Waals surface area contributed by atoms with E-state index < -0.39 is 35.1 Å². The summed E-state index contributed by atoms with van der Waals surface area (Å²) < 4.78 is 11.8. The molecule has 0 aromatic heterocycles. The highest BCUT2D eigenvalue weighted by atomic mass is 16.6. The van der Waals surface area contributed by atoms with Gasteiger partial charge in [-0.3, -0.25) is 14.5 Å². The fourth-order valence-corrected chi connectivity index (χ4v) is 11.3. The zero-order chi connectivity index (χ0) is 22.6. The van der Waals surface area contributed by atoms with Crippen molar-refractivity contribution in [2.24, 2.45) is 34.0 Å². The molecular weight excluding hydrogens is 410 g/mol. The first-order chi connectivity index (χ1) is 15.0. The van der Waals surface area contributed by atoms with Crippen LogP contribution < -0.4 is 0 Å². The van der Waals surface area contributed by atoms with Crippen LogP contribution in [0.5, 0.6) is 0 Å². The number of aliphatic hydroxyl groups is 2. The highest BCUT2D eigenvalue weighted by Crippen LogP contribution is 2.88. The van der Waals surface area contributed by atoms with Crippen molar-refractivity contribution in [2.75, 3.05) is 6.54 Å². The number of piperidine rings is 2. The SMILES string of the molecule is C=C1C[C@@]23C[C@H]4[C@@H]5[C@]6(C)C[C@H](OC(=O)CC)C[C@@]57[C@@H]2[C@H](O)[C@@H]1[C@@H](OC(C)=O)[C@]3(O)[C@H]7N4C6. The summed E-state index contributed by atoms with van der Waals surface area (Å²) in [6, 6.07) is 0.175. The zero-order valence-corrected chi connectivity index (χ0v) is 19.0. The van der Waals surface area contributed by atoms with Gasteiger partial charge >= 0.3 is 11.9 Å². The average molecular weight is 444 g/mol. The van der Waals surface area contributed by atoms with Gasteiger partial charge in [0.1, 0.15) is 17.8 Å². The monoisotopic (exact) mass is 443 g/mol. The lowest BCUT2D eigenvalue weighted by Gasteiger charge is -2.68. The van der Waals surface area contributed by atoms with Crippen LogP contribution >= 0.6 is 0 Å². The van der Waals surface area contributed by atoms with Crippen molar-refractivity contribution in [2.45, 2.75) is 88.9 Å². The van der Waals surface area contributed by atoms with E-state index in [4.69, 9.17) is 9.47 Å². The summed E-state index contributed by atoms with van der Waals surface area (Å²) in [5.74, 6) is -0.807. The standard InChI is InChI=1S/C25H33NO6/c1-5-15(28)32-13-7-22(4)10-26-14-9-23-6-11(2)16-17(29)19(23)24(8-13,18(14)22)21(26)25(23,30)20(16)31-12(3)27/h13-14,16-21,29-30H,2,5-10H2,1,3-4H3/t13-,14-,16+,17+,18+,19+,20+,21-,22+,23+,24-,25-/m0/s1. The summed E-state index contributed by atoms with van der Waals surface area (Å²) in [6.45, 7) is 10.6. The Morgan fingerprint density at radius 2 is 1.97 bits per heavy atom. The maximum atomic E-state index is 12.7. The Morgan fingerprint density at radius 1 is 1.22 bits per heavy atom. The van der Waals surface area contributed by atoms with Crippen molar-refractivity contribution < 1.29 is 29.3 Å². The summed E-state index contributed by atoms with van der Waals surface area (Å²) in [5, 5.41) is 24.5. The number of ether oxygens (including phenoxy) is 2. The van der Waals surface area contributed by atoms with Gasteiger partial charge in [-0.05, 0) is 37.0 Å². The van der Waals surface area contributed by atoms with Crippen LogP contribution in [0.1, 0.15) is 52.9 Å². The molecule has 6 aliphatic carbocycles. The second kappa shape index (κ2) is 5.44. The van der Waals surface area contributed by atoms with Crippen molar-refractivity contribution in [3.63, 3.8) is 0 Å². The van der Waals surface area contributed by atoms with Crippen LogP contribution in [0.15, 0.2) is 12.2 Å². The highest BCUT2D eigenvalue weighted by molar-refractivity contribution is 5.69. The molecule has 7 heteroatoms. The molecule has 2 spiro atoms. The number of carbonyl (C=O) groups is 2. The minimum Gasteiger partial charge on any atom is -0.462 e. The van der Waals surface area contributed by atoms with Gasteiger partial charge in [0, 0.05) is 54.6 Å². The molecule has 174 valence electrons. The third-order valence-corrected chi connectivity index (χ3v) is 11.1. The summed E-state index contributed by atoms with van der Waals surface area (Å²) >= 11 is 0. The van der Waals surface area contributed by atoms with E-state index in [0.29, 0.717) is 31.2 Å². The lowest BCUT2D eigenvalue weighted by atomic mass is 9.39. The van der Waals surface area contributed by atoms with Gasteiger partial charge in [-0.15, -0.1) is 0 Å². The van der Waals surface area contributed by atoms with Crippen molar-refractivity contribution in [1.29, 1.82) is 0 Å². The number of fused-ring (bicyclic) bond motifs is 1. The zero-order valence-electron chi connectivity index (χ0n) is 19.0. The van der Waals surface area contributed by atoms with Crippen LogP contribution in [-0.2, 0) is 19.1 Å². The van der Waals surface area contributed by atoms with Gasteiger partial charge in [-0.25, -0.2) is 0 Å². The second-order valence-electron chi connectivity index (χ2n) is 12.3. The predicted molar refractivity (Wildman–Crippen MR) is 112 cm³/mol. The molecule has 0 amide bonds. The number of rotatable bonds is 3. The Kier molecular flexibility index (Phi) is 3.40. The molecule has 9 bridgehead atoms. The highest BCUT2D eigenvalue weighted by Gasteiger charge is 2.95. The molecule has 0 radical (unpaired) electrons. The molecule has 9 rings (SSSR count). The summed E-state index contributed by atoms with van der Waals surface area (Å²) in [4.78, 5) is 26.9. The first-order valence-electron chi connectivity index (χ1n) is 12.3. The number of hydrogen-bond donors (Lipinski definition) is 2. The molecule has 3 saturated heterocycles. The molecule has 32 heavy (non-hydrogen) atoms. The van der Waals surface area contributed by atoms with E-state index in [2.05, 4.69) is 18.4 Å². The van der Waals surface area contributed by atoms with Crippen molar-refractivity contribution in [3.8, 4) is 0 Å². The van der Waals surface area contributed by atoms with E-state index in [9.17, 15) is 19.8 Å². The summed E-state index contributed by atoms with van der Waals surface area (Å²) in [7, 11) is 0. The quantitative estimate of drug-likeness (QED) is 0.503. The van der Waals surface area contributed by atoms with Gasteiger partial charge in [-0.2, -0.15) is 0 Å². The number of esters is 2. The molecule has 13 atom stereocenters.